The van der Waals surface area contributed by atoms with E-state index in [4.69, 9.17) is 15.2 Å². The molecule has 1 amide bonds. The molecule has 0 fully saturated rings. The molecule has 0 aliphatic carbocycles. The number of benzene rings is 1. The molecule has 0 aromatic heterocycles. The Bertz CT molecular complexity index is 470. The van der Waals surface area contributed by atoms with Gasteiger partial charge in [-0.3, -0.25) is 4.79 Å². The van der Waals surface area contributed by atoms with Crippen LogP contribution in [0, 0.1) is 5.92 Å². The van der Waals surface area contributed by atoms with Crippen molar-refractivity contribution in [2.24, 2.45) is 5.92 Å². The summed E-state index contributed by atoms with van der Waals surface area (Å²) in [5.74, 6) is 1.64. The summed E-state index contributed by atoms with van der Waals surface area (Å²) in [5.41, 5.74) is 6.96. The molecule has 0 radical (unpaired) electrons. The normalized spacial score (nSPS) is 12.8. The van der Waals surface area contributed by atoms with Crippen LogP contribution in [0.2, 0.25) is 0 Å². The second-order valence-corrected chi connectivity index (χ2v) is 4.73. The highest BCUT2D eigenvalue weighted by molar-refractivity contribution is 5.94. The Morgan fingerprint density at radius 3 is 2.58 bits per heavy atom. The van der Waals surface area contributed by atoms with Crippen LogP contribution >= 0.6 is 0 Å². The Morgan fingerprint density at radius 2 is 1.95 bits per heavy atom. The molecule has 5 heteroatoms. The number of hydrogen-bond acceptors (Lipinski definition) is 4. The lowest BCUT2D eigenvalue weighted by atomic mass is 9.99. The fourth-order valence-electron chi connectivity index (χ4n) is 2.11. The van der Waals surface area contributed by atoms with Crippen molar-refractivity contribution in [2.75, 3.05) is 17.8 Å². The highest BCUT2D eigenvalue weighted by atomic mass is 16.7. The molecule has 0 atom stereocenters. The van der Waals surface area contributed by atoms with Crippen molar-refractivity contribution < 1.29 is 14.3 Å². The fourth-order valence-corrected chi connectivity index (χ4v) is 2.11. The van der Waals surface area contributed by atoms with Crippen molar-refractivity contribution in [3.05, 3.63) is 12.1 Å². The average Bonchev–Trinajstić information content (AvgIpc) is 2.83. The van der Waals surface area contributed by atoms with Gasteiger partial charge in [0.15, 0.2) is 11.5 Å². The van der Waals surface area contributed by atoms with Crippen molar-refractivity contribution in [3.63, 3.8) is 0 Å². The molecular formula is C14H20N2O3. The lowest BCUT2D eigenvalue weighted by molar-refractivity contribution is -0.117. The number of nitrogens with two attached hydrogens (primary N) is 1. The maximum absolute atomic E-state index is 12.0. The number of rotatable bonds is 5. The molecular weight excluding hydrogens is 244 g/mol. The van der Waals surface area contributed by atoms with Crippen molar-refractivity contribution in [1.29, 1.82) is 0 Å². The van der Waals surface area contributed by atoms with E-state index in [9.17, 15) is 4.79 Å². The summed E-state index contributed by atoms with van der Waals surface area (Å²) in [7, 11) is 0. The molecule has 2 rings (SSSR count). The van der Waals surface area contributed by atoms with Gasteiger partial charge in [-0.2, -0.15) is 0 Å². The van der Waals surface area contributed by atoms with Crippen LogP contribution in [0.15, 0.2) is 12.1 Å². The Hall–Kier alpha value is -1.91. The molecule has 19 heavy (non-hydrogen) atoms. The SMILES string of the molecule is CCC(CC)CC(=O)Nc1cc2c(cc1N)OCO2. The third-order valence-electron chi connectivity index (χ3n) is 3.45. The van der Waals surface area contributed by atoms with Gasteiger partial charge in [-0.25, -0.2) is 0 Å². The van der Waals surface area contributed by atoms with Gasteiger partial charge in [-0.1, -0.05) is 26.7 Å². The highest BCUT2D eigenvalue weighted by Crippen LogP contribution is 2.38. The monoisotopic (exact) mass is 264 g/mol. The Balaban J connectivity index is 2.05. The molecule has 5 nitrogen and oxygen atoms in total. The van der Waals surface area contributed by atoms with Crippen molar-refractivity contribution in [3.8, 4) is 11.5 Å². The molecule has 0 saturated heterocycles. The van der Waals surface area contributed by atoms with Crippen molar-refractivity contribution in [2.45, 2.75) is 33.1 Å². The predicted molar refractivity (Wildman–Crippen MR) is 74.3 cm³/mol. The lowest BCUT2D eigenvalue weighted by Gasteiger charge is -2.13. The van der Waals surface area contributed by atoms with Crippen LogP contribution in [0.25, 0.3) is 0 Å². The van der Waals surface area contributed by atoms with Gasteiger partial charge in [0.2, 0.25) is 12.7 Å². The zero-order chi connectivity index (χ0) is 13.8. The van der Waals surface area contributed by atoms with E-state index in [1.807, 2.05) is 0 Å². The van der Waals surface area contributed by atoms with Gasteiger partial charge in [0.1, 0.15) is 0 Å². The summed E-state index contributed by atoms with van der Waals surface area (Å²) in [4.78, 5) is 12.0. The van der Waals surface area contributed by atoms with E-state index in [0.717, 1.165) is 12.8 Å². The van der Waals surface area contributed by atoms with E-state index < -0.39 is 0 Å². The van der Waals surface area contributed by atoms with Gasteiger partial charge >= 0.3 is 0 Å². The van der Waals surface area contributed by atoms with E-state index >= 15 is 0 Å². The van der Waals surface area contributed by atoms with Crippen LogP contribution in [0.3, 0.4) is 0 Å². The smallest absolute Gasteiger partial charge is 0.231 e. The third kappa shape index (κ3) is 3.10. The van der Waals surface area contributed by atoms with Gasteiger partial charge in [-0.05, 0) is 5.92 Å². The summed E-state index contributed by atoms with van der Waals surface area (Å²) in [6.07, 6.45) is 2.52. The molecule has 0 unspecified atom stereocenters. The zero-order valence-electron chi connectivity index (χ0n) is 11.4. The van der Waals surface area contributed by atoms with Gasteiger partial charge in [0.25, 0.3) is 0 Å². The van der Waals surface area contributed by atoms with Crippen LogP contribution in [0.4, 0.5) is 11.4 Å². The van der Waals surface area contributed by atoms with E-state index in [2.05, 4.69) is 19.2 Å². The first-order chi connectivity index (χ1) is 9.13. The van der Waals surface area contributed by atoms with Gasteiger partial charge in [0.05, 0.1) is 11.4 Å². The maximum atomic E-state index is 12.0. The molecule has 1 heterocycles. The van der Waals surface area contributed by atoms with Crippen molar-refractivity contribution >= 4 is 17.3 Å². The number of anilines is 2. The second-order valence-electron chi connectivity index (χ2n) is 4.73. The number of carbonyl (C=O) groups is 1. The topological polar surface area (TPSA) is 73.6 Å². The number of nitrogens with one attached hydrogen (secondary N) is 1. The largest absolute Gasteiger partial charge is 0.454 e. The number of nitrogen functional groups attached to an aromatic ring is 1. The van der Waals surface area contributed by atoms with Gasteiger partial charge in [0, 0.05) is 18.6 Å². The first kappa shape index (κ1) is 13.5. The van der Waals surface area contributed by atoms with Gasteiger partial charge in [-0.15, -0.1) is 0 Å². The molecule has 0 spiro atoms. The molecule has 1 aliphatic rings. The van der Waals surface area contributed by atoms with E-state index in [-0.39, 0.29) is 12.7 Å². The summed E-state index contributed by atoms with van der Waals surface area (Å²) >= 11 is 0. The van der Waals surface area contributed by atoms with E-state index in [1.54, 1.807) is 12.1 Å². The van der Waals surface area contributed by atoms with Crippen molar-refractivity contribution in [1.82, 2.24) is 0 Å². The van der Waals surface area contributed by atoms with E-state index in [1.165, 1.54) is 0 Å². The second kappa shape index (κ2) is 5.82. The van der Waals surface area contributed by atoms with Gasteiger partial charge < -0.3 is 20.5 Å². The molecule has 3 N–H and O–H groups in total. The minimum absolute atomic E-state index is 0.0146. The average molecular weight is 264 g/mol. The summed E-state index contributed by atoms with van der Waals surface area (Å²) in [6.45, 7) is 4.38. The number of ether oxygens (including phenoxy) is 2. The Kier molecular flexibility index (Phi) is 4.14. The lowest BCUT2D eigenvalue weighted by Crippen LogP contribution is -2.16. The summed E-state index contributed by atoms with van der Waals surface area (Å²) in [5, 5.41) is 2.84. The fraction of sp³-hybridized carbons (Fsp3) is 0.500. The van der Waals surface area contributed by atoms with Crippen LogP contribution in [-0.4, -0.2) is 12.7 Å². The van der Waals surface area contributed by atoms with Crippen LogP contribution < -0.4 is 20.5 Å². The Morgan fingerprint density at radius 1 is 1.32 bits per heavy atom. The number of carbonyl (C=O) groups excluding carboxylic acids is 1. The summed E-state index contributed by atoms with van der Waals surface area (Å²) < 4.78 is 10.5. The predicted octanol–water partition coefficient (Wildman–Crippen LogP) is 2.76. The number of hydrogen-bond donors (Lipinski definition) is 2. The minimum atomic E-state index is -0.0146. The van der Waals surface area contributed by atoms with Crippen LogP contribution in [0.5, 0.6) is 11.5 Å². The standard InChI is InChI=1S/C14H20N2O3/c1-3-9(4-2)5-14(17)16-11-7-13-12(6-10(11)15)18-8-19-13/h6-7,9H,3-5,8,15H2,1-2H3,(H,16,17). The minimum Gasteiger partial charge on any atom is -0.454 e. The molecule has 104 valence electrons. The quantitative estimate of drug-likeness (QED) is 0.802. The molecule has 1 aromatic carbocycles. The summed E-state index contributed by atoms with van der Waals surface area (Å²) in [6, 6.07) is 3.39. The molecule has 1 aliphatic heterocycles. The third-order valence-corrected chi connectivity index (χ3v) is 3.45. The van der Waals surface area contributed by atoms with E-state index in [0.29, 0.717) is 35.2 Å². The number of amides is 1. The number of fused-ring (bicyclic) bond motifs is 1. The zero-order valence-corrected chi connectivity index (χ0v) is 11.4. The molecule has 1 aromatic rings. The molecule has 0 bridgehead atoms. The first-order valence-electron chi connectivity index (χ1n) is 6.63. The van der Waals surface area contributed by atoms with Crippen LogP contribution in [0.1, 0.15) is 33.1 Å². The maximum Gasteiger partial charge on any atom is 0.231 e. The Labute approximate surface area is 113 Å². The van der Waals surface area contributed by atoms with Crippen LogP contribution in [-0.2, 0) is 4.79 Å². The first-order valence-corrected chi connectivity index (χ1v) is 6.63. The highest BCUT2D eigenvalue weighted by Gasteiger charge is 2.18. The molecule has 0 saturated carbocycles.